The Bertz CT molecular complexity index is 951. The molecule has 0 aromatic heterocycles. The average molecular weight is 344 g/mol. The van der Waals surface area contributed by atoms with Gasteiger partial charge in [-0.25, -0.2) is 8.42 Å². The van der Waals surface area contributed by atoms with Crippen molar-refractivity contribution in [3.63, 3.8) is 0 Å². The molecule has 0 bridgehead atoms. The Kier molecular flexibility index (Phi) is 3.88. The number of fused-ring (bicyclic) bond motifs is 1. The topological polar surface area (TPSA) is 83.6 Å². The molecular formula is C17H16N2O4S. The lowest BCUT2D eigenvalue weighted by Gasteiger charge is -2.30. The van der Waals surface area contributed by atoms with Crippen LogP contribution in [0.3, 0.4) is 0 Å². The van der Waals surface area contributed by atoms with Crippen molar-refractivity contribution < 1.29 is 18.0 Å². The van der Waals surface area contributed by atoms with E-state index >= 15 is 0 Å². The number of nitrogens with zero attached hydrogens (tertiary/aromatic N) is 1. The lowest BCUT2D eigenvalue weighted by Crippen LogP contribution is -2.42. The number of carbonyl (C=O) groups excluding carboxylic acids is 2. The monoisotopic (exact) mass is 344 g/mol. The molecule has 2 amide bonds. The molecule has 2 aromatic carbocycles. The van der Waals surface area contributed by atoms with Gasteiger partial charge in [0, 0.05) is 11.8 Å². The molecule has 6 nitrogen and oxygen atoms in total. The van der Waals surface area contributed by atoms with Gasteiger partial charge in [0.2, 0.25) is 5.91 Å². The van der Waals surface area contributed by atoms with Gasteiger partial charge in [0.15, 0.2) is 9.84 Å². The second kappa shape index (κ2) is 5.76. The van der Waals surface area contributed by atoms with Gasteiger partial charge in [-0.05, 0) is 36.8 Å². The van der Waals surface area contributed by atoms with E-state index in [1.807, 2.05) is 19.1 Å². The van der Waals surface area contributed by atoms with Gasteiger partial charge in [-0.2, -0.15) is 0 Å². The predicted molar refractivity (Wildman–Crippen MR) is 91.0 cm³/mol. The number of anilines is 2. The SMILES string of the molecule is Cc1ccccc1C(=O)N1CC(=O)Nc2cc(S(C)(=O)=O)ccc21. The van der Waals surface area contributed by atoms with Crippen LogP contribution < -0.4 is 10.2 Å². The van der Waals surface area contributed by atoms with Crippen LogP contribution in [0.4, 0.5) is 11.4 Å². The minimum absolute atomic E-state index is 0.0896. The summed E-state index contributed by atoms with van der Waals surface area (Å²) in [5.74, 6) is -0.661. The van der Waals surface area contributed by atoms with Crippen LogP contribution in [0.1, 0.15) is 15.9 Å². The van der Waals surface area contributed by atoms with Crippen LogP contribution in [0.25, 0.3) is 0 Å². The molecule has 1 N–H and O–H groups in total. The zero-order valence-corrected chi connectivity index (χ0v) is 14.1. The molecule has 1 heterocycles. The Labute approximate surface area is 140 Å². The molecule has 0 spiro atoms. The molecule has 2 aromatic rings. The Hall–Kier alpha value is -2.67. The molecule has 0 unspecified atom stereocenters. The molecule has 3 rings (SSSR count). The number of aryl methyl sites for hydroxylation is 1. The van der Waals surface area contributed by atoms with Crippen LogP contribution in [0.2, 0.25) is 0 Å². The Morgan fingerprint density at radius 3 is 2.54 bits per heavy atom. The van der Waals surface area contributed by atoms with Gasteiger partial charge in [0.05, 0.1) is 16.3 Å². The average Bonchev–Trinajstić information content (AvgIpc) is 2.52. The third-order valence-electron chi connectivity index (χ3n) is 3.88. The highest BCUT2D eigenvalue weighted by molar-refractivity contribution is 7.90. The van der Waals surface area contributed by atoms with Crippen LogP contribution in [0, 0.1) is 6.92 Å². The molecule has 7 heteroatoms. The third-order valence-corrected chi connectivity index (χ3v) is 4.99. The van der Waals surface area contributed by atoms with Crippen molar-refractivity contribution in [1.29, 1.82) is 0 Å². The number of hydrogen-bond acceptors (Lipinski definition) is 4. The molecule has 1 aliphatic rings. The van der Waals surface area contributed by atoms with Crippen LogP contribution in [0.15, 0.2) is 47.4 Å². The van der Waals surface area contributed by atoms with Crippen LogP contribution in [-0.4, -0.2) is 33.0 Å². The van der Waals surface area contributed by atoms with E-state index in [0.717, 1.165) is 11.8 Å². The number of nitrogens with one attached hydrogen (secondary N) is 1. The summed E-state index contributed by atoms with van der Waals surface area (Å²) in [6.07, 6.45) is 1.09. The highest BCUT2D eigenvalue weighted by Crippen LogP contribution is 2.33. The van der Waals surface area contributed by atoms with Gasteiger partial charge in [-0.15, -0.1) is 0 Å². The van der Waals surface area contributed by atoms with E-state index in [0.29, 0.717) is 16.9 Å². The van der Waals surface area contributed by atoms with E-state index in [1.54, 1.807) is 18.2 Å². The van der Waals surface area contributed by atoms with Crippen LogP contribution in [0.5, 0.6) is 0 Å². The van der Waals surface area contributed by atoms with Crippen molar-refractivity contribution in [1.82, 2.24) is 0 Å². The zero-order valence-electron chi connectivity index (χ0n) is 13.2. The van der Waals surface area contributed by atoms with E-state index in [-0.39, 0.29) is 23.3 Å². The van der Waals surface area contributed by atoms with E-state index in [2.05, 4.69) is 5.32 Å². The molecule has 0 radical (unpaired) electrons. The van der Waals surface area contributed by atoms with Gasteiger partial charge in [0.1, 0.15) is 6.54 Å². The lowest BCUT2D eigenvalue weighted by molar-refractivity contribution is -0.115. The second-order valence-corrected chi connectivity index (χ2v) is 7.72. The number of rotatable bonds is 2. The highest BCUT2D eigenvalue weighted by Gasteiger charge is 2.29. The van der Waals surface area contributed by atoms with Gasteiger partial charge in [-0.3, -0.25) is 14.5 Å². The van der Waals surface area contributed by atoms with Crippen molar-refractivity contribution in [3.8, 4) is 0 Å². The van der Waals surface area contributed by atoms with Crippen molar-refractivity contribution in [2.45, 2.75) is 11.8 Å². The fourth-order valence-electron chi connectivity index (χ4n) is 2.64. The molecule has 0 saturated carbocycles. The first kappa shape index (κ1) is 16.2. The molecule has 24 heavy (non-hydrogen) atoms. The van der Waals surface area contributed by atoms with Gasteiger partial charge < -0.3 is 5.32 Å². The number of sulfone groups is 1. The number of amides is 2. The summed E-state index contributed by atoms with van der Waals surface area (Å²) in [6, 6.07) is 11.5. The largest absolute Gasteiger partial charge is 0.323 e. The summed E-state index contributed by atoms with van der Waals surface area (Å²) in [7, 11) is -3.41. The Morgan fingerprint density at radius 1 is 1.17 bits per heavy atom. The van der Waals surface area contributed by atoms with Gasteiger partial charge in [-0.1, -0.05) is 18.2 Å². The zero-order chi connectivity index (χ0) is 17.5. The lowest BCUT2D eigenvalue weighted by atomic mass is 10.1. The molecule has 0 aliphatic carbocycles. The molecule has 1 aliphatic heterocycles. The minimum Gasteiger partial charge on any atom is -0.323 e. The van der Waals surface area contributed by atoms with Crippen molar-refractivity contribution >= 4 is 33.0 Å². The number of hydrogen-bond donors (Lipinski definition) is 1. The molecule has 0 fully saturated rings. The number of benzene rings is 2. The smallest absolute Gasteiger partial charge is 0.259 e. The van der Waals surface area contributed by atoms with Crippen molar-refractivity contribution in [2.75, 3.05) is 23.0 Å². The Balaban J connectivity index is 2.08. The van der Waals surface area contributed by atoms with Crippen molar-refractivity contribution in [3.05, 3.63) is 53.6 Å². The minimum atomic E-state index is -3.41. The standard InChI is InChI=1S/C17H16N2O4S/c1-11-5-3-4-6-13(11)17(21)19-10-16(20)18-14-9-12(24(2,22)23)7-8-15(14)19/h3-9H,10H2,1-2H3,(H,18,20). The fraction of sp³-hybridized carbons (Fsp3) is 0.176. The van der Waals surface area contributed by atoms with Gasteiger partial charge in [0.25, 0.3) is 5.91 Å². The normalized spacial score (nSPS) is 14.1. The van der Waals surface area contributed by atoms with E-state index in [1.165, 1.54) is 17.0 Å². The van der Waals surface area contributed by atoms with E-state index in [4.69, 9.17) is 0 Å². The highest BCUT2D eigenvalue weighted by atomic mass is 32.2. The number of carbonyl (C=O) groups is 2. The molecular weight excluding hydrogens is 328 g/mol. The van der Waals surface area contributed by atoms with Crippen LogP contribution >= 0.6 is 0 Å². The quantitative estimate of drug-likeness (QED) is 0.903. The predicted octanol–water partition coefficient (Wildman–Crippen LogP) is 2.00. The maximum absolute atomic E-state index is 12.8. The van der Waals surface area contributed by atoms with E-state index < -0.39 is 9.84 Å². The first-order chi connectivity index (χ1) is 11.3. The fourth-order valence-corrected chi connectivity index (χ4v) is 3.29. The second-order valence-electron chi connectivity index (χ2n) is 5.71. The molecule has 0 saturated heterocycles. The summed E-state index contributed by atoms with van der Waals surface area (Å²) in [4.78, 5) is 26.3. The Morgan fingerprint density at radius 2 is 1.88 bits per heavy atom. The summed E-state index contributed by atoms with van der Waals surface area (Å²) in [5, 5.41) is 2.63. The van der Waals surface area contributed by atoms with Crippen molar-refractivity contribution in [2.24, 2.45) is 0 Å². The third kappa shape index (κ3) is 2.90. The van der Waals surface area contributed by atoms with Gasteiger partial charge >= 0.3 is 0 Å². The summed E-state index contributed by atoms with van der Waals surface area (Å²) in [5.41, 5.74) is 2.11. The first-order valence-corrected chi connectivity index (χ1v) is 9.18. The summed E-state index contributed by atoms with van der Waals surface area (Å²) in [6.45, 7) is 1.71. The summed E-state index contributed by atoms with van der Waals surface area (Å²) >= 11 is 0. The molecule has 0 atom stereocenters. The maximum atomic E-state index is 12.8. The van der Waals surface area contributed by atoms with Crippen LogP contribution in [-0.2, 0) is 14.6 Å². The maximum Gasteiger partial charge on any atom is 0.259 e. The summed E-state index contributed by atoms with van der Waals surface area (Å²) < 4.78 is 23.4. The molecule has 124 valence electrons. The van der Waals surface area contributed by atoms with E-state index in [9.17, 15) is 18.0 Å². The first-order valence-electron chi connectivity index (χ1n) is 7.29.